The Morgan fingerprint density at radius 1 is 1.10 bits per heavy atom. The SMILES string of the molecule is CN=C(NCCNC(=O)c1ccc(OC)cc1)NCc1cc(Cl)ccc1OC(F)F.I. The number of hydrogen-bond acceptors (Lipinski definition) is 4. The van der Waals surface area contributed by atoms with E-state index in [0.29, 0.717) is 40.9 Å². The average Bonchev–Trinajstić information content (AvgIpc) is 2.74. The van der Waals surface area contributed by atoms with E-state index in [-0.39, 0.29) is 42.2 Å². The van der Waals surface area contributed by atoms with Gasteiger partial charge in [-0.05, 0) is 42.5 Å². The van der Waals surface area contributed by atoms with Crippen molar-refractivity contribution in [3.8, 4) is 11.5 Å². The lowest BCUT2D eigenvalue weighted by Crippen LogP contribution is -2.41. The Morgan fingerprint density at radius 3 is 2.39 bits per heavy atom. The molecule has 0 fully saturated rings. The summed E-state index contributed by atoms with van der Waals surface area (Å²) < 4.78 is 34.6. The van der Waals surface area contributed by atoms with Crippen LogP contribution in [0, 0.1) is 0 Å². The van der Waals surface area contributed by atoms with E-state index in [1.165, 1.54) is 18.2 Å². The molecule has 0 aliphatic heterocycles. The molecule has 0 aromatic heterocycles. The normalized spacial score (nSPS) is 10.8. The molecule has 0 atom stereocenters. The first kappa shape index (κ1) is 26.7. The molecule has 0 spiro atoms. The predicted octanol–water partition coefficient (Wildman–Crippen LogP) is 3.66. The van der Waals surface area contributed by atoms with Crippen LogP contribution >= 0.6 is 35.6 Å². The van der Waals surface area contributed by atoms with E-state index in [2.05, 4.69) is 25.7 Å². The molecule has 1 amide bonds. The maximum Gasteiger partial charge on any atom is 0.387 e. The molecule has 0 heterocycles. The maximum absolute atomic E-state index is 12.5. The number of carbonyl (C=O) groups excluding carboxylic acids is 1. The van der Waals surface area contributed by atoms with Crippen LogP contribution in [0.2, 0.25) is 5.02 Å². The van der Waals surface area contributed by atoms with Crippen molar-refractivity contribution >= 4 is 47.4 Å². The highest BCUT2D eigenvalue weighted by Crippen LogP contribution is 2.24. The van der Waals surface area contributed by atoms with Gasteiger partial charge in [-0.15, -0.1) is 24.0 Å². The standard InChI is InChI=1S/C20H23ClF2N4O3.HI/c1-24-20(27-12-14-11-15(21)5-8-17(14)30-19(22)23)26-10-9-25-18(28)13-3-6-16(29-2)7-4-13;/h3-8,11,19H,9-10,12H2,1-2H3,(H,25,28)(H2,24,26,27);1H. The summed E-state index contributed by atoms with van der Waals surface area (Å²) in [6, 6.07) is 11.2. The van der Waals surface area contributed by atoms with Crippen LogP contribution in [0.1, 0.15) is 15.9 Å². The van der Waals surface area contributed by atoms with E-state index in [1.807, 2.05) is 0 Å². The number of ether oxygens (including phenoxy) is 2. The molecule has 2 rings (SSSR count). The summed E-state index contributed by atoms with van der Waals surface area (Å²) in [5.41, 5.74) is 0.976. The topological polar surface area (TPSA) is 84.0 Å². The van der Waals surface area contributed by atoms with Crippen LogP contribution in [0.15, 0.2) is 47.5 Å². The number of aliphatic imine (C=N–C) groups is 1. The Balaban J connectivity index is 0.00000480. The van der Waals surface area contributed by atoms with Gasteiger partial charge in [0, 0.05) is 42.8 Å². The summed E-state index contributed by atoms with van der Waals surface area (Å²) in [6.07, 6.45) is 0. The third-order valence-corrected chi connectivity index (χ3v) is 4.20. The molecular formula is C20H24ClF2IN4O3. The molecule has 170 valence electrons. The van der Waals surface area contributed by atoms with E-state index in [4.69, 9.17) is 16.3 Å². The van der Waals surface area contributed by atoms with Crippen molar-refractivity contribution in [1.29, 1.82) is 0 Å². The monoisotopic (exact) mass is 568 g/mol. The molecule has 0 radical (unpaired) electrons. The van der Waals surface area contributed by atoms with Crippen LogP contribution in [0.25, 0.3) is 0 Å². The molecule has 0 saturated heterocycles. The maximum atomic E-state index is 12.5. The highest BCUT2D eigenvalue weighted by Gasteiger charge is 2.11. The number of rotatable bonds is 9. The minimum absolute atomic E-state index is 0. The molecule has 0 unspecified atom stereocenters. The minimum atomic E-state index is -2.93. The molecule has 0 bridgehead atoms. The molecule has 3 N–H and O–H groups in total. The summed E-state index contributed by atoms with van der Waals surface area (Å²) >= 11 is 5.94. The predicted molar refractivity (Wildman–Crippen MR) is 127 cm³/mol. The smallest absolute Gasteiger partial charge is 0.387 e. The van der Waals surface area contributed by atoms with Crippen molar-refractivity contribution in [3.63, 3.8) is 0 Å². The van der Waals surface area contributed by atoms with Gasteiger partial charge in [0.15, 0.2) is 5.96 Å². The average molecular weight is 569 g/mol. The molecule has 0 aliphatic rings. The van der Waals surface area contributed by atoms with Gasteiger partial charge < -0.3 is 25.4 Å². The van der Waals surface area contributed by atoms with Crippen molar-refractivity contribution < 1.29 is 23.0 Å². The second kappa shape index (κ2) is 13.9. The zero-order valence-corrected chi connectivity index (χ0v) is 20.0. The van der Waals surface area contributed by atoms with Crippen LogP contribution in [-0.4, -0.2) is 45.7 Å². The van der Waals surface area contributed by atoms with Gasteiger partial charge in [-0.3, -0.25) is 9.79 Å². The fourth-order valence-electron chi connectivity index (χ4n) is 2.50. The van der Waals surface area contributed by atoms with Gasteiger partial charge in [0.25, 0.3) is 5.91 Å². The highest BCUT2D eigenvalue weighted by atomic mass is 127. The number of halogens is 4. The van der Waals surface area contributed by atoms with Crippen molar-refractivity contribution in [2.45, 2.75) is 13.2 Å². The van der Waals surface area contributed by atoms with Gasteiger partial charge in [0.1, 0.15) is 11.5 Å². The first-order chi connectivity index (χ1) is 14.4. The number of benzene rings is 2. The van der Waals surface area contributed by atoms with Crippen molar-refractivity contribution in [2.75, 3.05) is 27.2 Å². The number of nitrogens with zero attached hydrogens (tertiary/aromatic N) is 1. The summed E-state index contributed by atoms with van der Waals surface area (Å²) in [7, 11) is 3.13. The Morgan fingerprint density at radius 2 is 1.77 bits per heavy atom. The lowest BCUT2D eigenvalue weighted by atomic mass is 10.2. The second-order valence-corrected chi connectivity index (χ2v) is 6.40. The van der Waals surface area contributed by atoms with Crippen LogP contribution in [0.3, 0.4) is 0 Å². The largest absolute Gasteiger partial charge is 0.497 e. The summed E-state index contributed by atoms with van der Waals surface area (Å²) in [5, 5.41) is 9.19. The Kier molecular flexibility index (Phi) is 11.9. The van der Waals surface area contributed by atoms with Crippen molar-refractivity contribution in [1.82, 2.24) is 16.0 Å². The molecule has 0 aliphatic carbocycles. The number of methoxy groups -OCH3 is 1. The van der Waals surface area contributed by atoms with Crippen molar-refractivity contribution in [2.24, 2.45) is 4.99 Å². The van der Waals surface area contributed by atoms with E-state index in [1.54, 1.807) is 38.4 Å². The fourth-order valence-corrected chi connectivity index (χ4v) is 2.69. The van der Waals surface area contributed by atoms with Crippen molar-refractivity contribution in [3.05, 3.63) is 58.6 Å². The zero-order chi connectivity index (χ0) is 21.9. The van der Waals surface area contributed by atoms with Crippen LogP contribution in [-0.2, 0) is 6.54 Å². The zero-order valence-electron chi connectivity index (χ0n) is 17.0. The van der Waals surface area contributed by atoms with E-state index < -0.39 is 6.61 Å². The Labute approximate surface area is 201 Å². The molecule has 2 aromatic carbocycles. The number of amides is 1. The Bertz CT molecular complexity index is 870. The summed E-state index contributed by atoms with van der Waals surface area (Å²) in [4.78, 5) is 16.2. The number of guanidine groups is 1. The lowest BCUT2D eigenvalue weighted by Gasteiger charge is -2.15. The molecule has 31 heavy (non-hydrogen) atoms. The number of carbonyl (C=O) groups is 1. The lowest BCUT2D eigenvalue weighted by molar-refractivity contribution is -0.0504. The van der Waals surface area contributed by atoms with Gasteiger partial charge in [0.05, 0.1) is 7.11 Å². The molecule has 7 nitrogen and oxygen atoms in total. The van der Waals surface area contributed by atoms with Crippen LogP contribution in [0.5, 0.6) is 11.5 Å². The number of nitrogens with one attached hydrogen (secondary N) is 3. The first-order valence-corrected chi connectivity index (χ1v) is 9.40. The van der Waals surface area contributed by atoms with Gasteiger partial charge in [-0.1, -0.05) is 11.6 Å². The number of alkyl halides is 2. The van der Waals surface area contributed by atoms with E-state index >= 15 is 0 Å². The highest BCUT2D eigenvalue weighted by molar-refractivity contribution is 14.0. The summed E-state index contributed by atoms with van der Waals surface area (Å²) in [5.74, 6) is 0.917. The first-order valence-electron chi connectivity index (χ1n) is 9.03. The molecule has 0 saturated carbocycles. The third-order valence-electron chi connectivity index (χ3n) is 3.96. The number of hydrogen-bond donors (Lipinski definition) is 3. The van der Waals surface area contributed by atoms with E-state index in [9.17, 15) is 13.6 Å². The third kappa shape index (κ3) is 9.13. The fraction of sp³-hybridized carbons (Fsp3) is 0.300. The Hall–Kier alpha value is -2.34. The minimum Gasteiger partial charge on any atom is -0.497 e. The quantitative estimate of drug-likeness (QED) is 0.186. The van der Waals surface area contributed by atoms with E-state index in [0.717, 1.165) is 0 Å². The van der Waals surface area contributed by atoms with Gasteiger partial charge in [-0.2, -0.15) is 8.78 Å². The van der Waals surface area contributed by atoms with Crippen LogP contribution in [0.4, 0.5) is 8.78 Å². The summed E-state index contributed by atoms with van der Waals surface area (Å²) in [6.45, 7) is -2.02. The van der Waals surface area contributed by atoms with Gasteiger partial charge >= 0.3 is 6.61 Å². The second-order valence-electron chi connectivity index (χ2n) is 5.97. The van der Waals surface area contributed by atoms with Gasteiger partial charge in [-0.25, -0.2) is 0 Å². The molecular weight excluding hydrogens is 545 g/mol. The molecule has 11 heteroatoms. The van der Waals surface area contributed by atoms with Gasteiger partial charge in [0.2, 0.25) is 0 Å². The van der Waals surface area contributed by atoms with Crippen LogP contribution < -0.4 is 25.4 Å². The molecule has 2 aromatic rings.